The van der Waals surface area contributed by atoms with Crippen LogP contribution >= 0.6 is 7.60 Å². The number of hydrogen-bond donors (Lipinski definition) is 1. The number of nitrogens with zero attached hydrogens (tertiary/aromatic N) is 3. The molecular formula is C9H11N4O5P-2. The first kappa shape index (κ1) is 13.9. The van der Waals surface area contributed by atoms with Crippen LogP contribution in [0.2, 0.25) is 0 Å². The van der Waals surface area contributed by atoms with Crippen molar-refractivity contribution >= 4 is 18.8 Å². The number of rotatable bonds is 6. The van der Waals surface area contributed by atoms with Crippen LogP contribution in [0.3, 0.4) is 0 Å². The third kappa shape index (κ3) is 3.71. The van der Waals surface area contributed by atoms with Gasteiger partial charge in [-0.2, -0.15) is 0 Å². The van der Waals surface area contributed by atoms with E-state index in [0.29, 0.717) is 12.2 Å². The van der Waals surface area contributed by atoms with E-state index in [-0.39, 0.29) is 24.3 Å². The van der Waals surface area contributed by atoms with Crippen LogP contribution in [0.1, 0.15) is 0 Å². The van der Waals surface area contributed by atoms with Gasteiger partial charge in [-0.1, -0.05) is 7.60 Å². The second-order valence-corrected chi connectivity index (χ2v) is 5.46. The van der Waals surface area contributed by atoms with Crippen molar-refractivity contribution in [1.29, 1.82) is 0 Å². The van der Waals surface area contributed by atoms with Crippen LogP contribution in [-0.2, 0) is 15.8 Å². The molecule has 0 spiro atoms. The topological polar surface area (TPSA) is 136 Å². The van der Waals surface area contributed by atoms with Crippen LogP contribution in [-0.4, -0.2) is 38.9 Å². The number of nitrogens with one attached hydrogen (secondary N) is 1. The Morgan fingerprint density at radius 1 is 1.37 bits per heavy atom. The van der Waals surface area contributed by atoms with Crippen molar-refractivity contribution in [3.63, 3.8) is 0 Å². The standard InChI is InChI=1S/C9H13N4O5P/c14-9-7-8(10-5-11-9)13(6-12-7)1-2-18-3-4-19(15,16)17/h5-6H,1-4H2,(H,10,11,14)(H2,15,16,17)/p-2. The Labute approximate surface area is 107 Å². The first-order valence-corrected chi connectivity index (χ1v) is 7.17. The molecule has 0 fully saturated rings. The number of ether oxygens (including phenoxy) is 1. The van der Waals surface area contributed by atoms with E-state index in [1.54, 1.807) is 4.57 Å². The van der Waals surface area contributed by atoms with Gasteiger partial charge in [0.05, 0.1) is 25.9 Å². The number of aromatic nitrogens is 4. The highest BCUT2D eigenvalue weighted by Crippen LogP contribution is 2.21. The van der Waals surface area contributed by atoms with Gasteiger partial charge in [0.1, 0.15) is 0 Å². The van der Waals surface area contributed by atoms with E-state index in [2.05, 4.69) is 15.0 Å². The average molecular weight is 286 g/mol. The molecule has 1 N–H and O–H groups in total. The highest BCUT2D eigenvalue weighted by molar-refractivity contribution is 7.48. The zero-order chi connectivity index (χ0) is 13.9. The summed E-state index contributed by atoms with van der Waals surface area (Å²) in [5, 5.41) is 0. The van der Waals surface area contributed by atoms with Crippen LogP contribution in [0.15, 0.2) is 17.4 Å². The van der Waals surface area contributed by atoms with Gasteiger partial charge in [-0.05, 0) is 6.16 Å². The normalized spacial score (nSPS) is 12.1. The molecule has 0 radical (unpaired) electrons. The van der Waals surface area contributed by atoms with Gasteiger partial charge in [0, 0.05) is 6.54 Å². The third-order valence-electron chi connectivity index (χ3n) is 2.39. The predicted molar refractivity (Wildman–Crippen MR) is 61.4 cm³/mol. The van der Waals surface area contributed by atoms with Crippen LogP contribution < -0.4 is 15.3 Å². The van der Waals surface area contributed by atoms with Crippen molar-refractivity contribution in [2.75, 3.05) is 19.4 Å². The molecule has 0 unspecified atom stereocenters. The van der Waals surface area contributed by atoms with E-state index in [1.165, 1.54) is 12.7 Å². The zero-order valence-corrected chi connectivity index (χ0v) is 10.7. The minimum Gasteiger partial charge on any atom is -0.811 e. The smallest absolute Gasteiger partial charge is 0.278 e. The van der Waals surface area contributed by atoms with Gasteiger partial charge in [0.25, 0.3) is 5.56 Å². The Hall–Kier alpha value is -1.54. The van der Waals surface area contributed by atoms with Crippen molar-refractivity contribution in [3.8, 4) is 0 Å². The molecule has 0 aliphatic carbocycles. The highest BCUT2D eigenvalue weighted by Gasteiger charge is 2.06. The molecule has 0 amide bonds. The fourth-order valence-electron chi connectivity index (χ4n) is 1.50. The SMILES string of the molecule is O=c1[nH]cnc2c1ncn2CCOCCP(=O)([O-])[O-]. The Morgan fingerprint density at radius 3 is 2.89 bits per heavy atom. The molecule has 2 heterocycles. The summed E-state index contributed by atoms with van der Waals surface area (Å²) < 4.78 is 17.0. The number of fused-ring (bicyclic) bond motifs is 1. The Morgan fingerprint density at radius 2 is 2.16 bits per heavy atom. The monoisotopic (exact) mass is 286 g/mol. The van der Waals surface area contributed by atoms with E-state index < -0.39 is 13.8 Å². The Bertz CT molecular complexity index is 660. The molecule has 0 aromatic carbocycles. The Kier molecular flexibility index (Phi) is 4.11. The molecule has 0 aliphatic heterocycles. The van der Waals surface area contributed by atoms with E-state index in [4.69, 9.17) is 4.74 Å². The average Bonchev–Trinajstić information content (AvgIpc) is 2.72. The molecule has 0 bridgehead atoms. The number of hydrogen-bond acceptors (Lipinski definition) is 7. The summed E-state index contributed by atoms with van der Waals surface area (Å²) in [4.78, 5) is 42.4. The fraction of sp³-hybridized carbons (Fsp3) is 0.444. The summed E-state index contributed by atoms with van der Waals surface area (Å²) in [5.74, 6) is 0. The summed E-state index contributed by atoms with van der Waals surface area (Å²) in [7, 11) is -4.51. The van der Waals surface area contributed by atoms with Gasteiger partial charge >= 0.3 is 0 Å². The van der Waals surface area contributed by atoms with Crippen molar-refractivity contribution in [1.82, 2.24) is 19.5 Å². The molecule has 0 atom stereocenters. The molecule has 0 saturated heterocycles. The summed E-state index contributed by atoms with van der Waals surface area (Å²) in [6.45, 7) is 0.403. The second-order valence-electron chi connectivity index (χ2n) is 3.79. The molecule has 104 valence electrons. The van der Waals surface area contributed by atoms with Gasteiger partial charge in [0.2, 0.25) is 0 Å². The number of H-pyrrole nitrogens is 1. The largest absolute Gasteiger partial charge is 0.811 e. The first-order valence-electron chi connectivity index (χ1n) is 5.45. The van der Waals surface area contributed by atoms with Gasteiger partial charge in [-0.25, -0.2) is 9.97 Å². The predicted octanol–water partition coefficient (Wildman–Crippen LogP) is -1.95. The Balaban J connectivity index is 1.91. The molecular weight excluding hydrogens is 275 g/mol. The maximum Gasteiger partial charge on any atom is 0.278 e. The molecule has 2 aromatic rings. The molecule has 2 aromatic heterocycles. The van der Waals surface area contributed by atoms with Crippen LogP contribution in [0.5, 0.6) is 0 Å². The van der Waals surface area contributed by atoms with E-state index >= 15 is 0 Å². The first-order chi connectivity index (χ1) is 8.97. The summed E-state index contributed by atoms with van der Waals surface area (Å²) in [5.41, 5.74) is 0.320. The lowest BCUT2D eigenvalue weighted by Crippen LogP contribution is -2.20. The summed E-state index contributed by atoms with van der Waals surface area (Å²) in [6.07, 6.45) is 2.19. The fourth-order valence-corrected chi connectivity index (χ4v) is 1.85. The van der Waals surface area contributed by atoms with Crippen molar-refractivity contribution in [2.24, 2.45) is 0 Å². The molecule has 0 aliphatic rings. The maximum atomic E-state index is 11.4. The number of imidazole rings is 1. The third-order valence-corrected chi connectivity index (χ3v) is 3.12. The second kappa shape index (κ2) is 5.62. The molecule has 19 heavy (non-hydrogen) atoms. The van der Waals surface area contributed by atoms with E-state index in [1.807, 2.05) is 0 Å². The zero-order valence-electron chi connectivity index (χ0n) is 9.81. The van der Waals surface area contributed by atoms with Gasteiger partial charge in [-0.3, -0.25) is 4.79 Å². The molecule has 10 heteroatoms. The van der Waals surface area contributed by atoms with Crippen LogP contribution in [0, 0.1) is 0 Å². The molecule has 9 nitrogen and oxygen atoms in total. The number of aromatic amines is 1. The van der Waals surface area contributed by atoms with Crippen molar-refractivity contribution < 1.29 is 19.1 Å². The minimum atomic E-state index is -4.51. The van der Waals surface area contributed by atoms with Crippen LogP contribution in [0.25, 0.3) is 11.2 Å². The molecule has 2 rings (SSSR count). The van der Waals surface area contributed by atoms with Gasteiger partial charge in [0.15, 0.2) is 11.2 Å². The lowest BCUT2D eigenvalue weighted by molar-refractivity contribution is -0.313. The summed E-state index contributed by atoms with van der Waals surface area (Å²) >= 11 is 0. The van der Waals surface area contributed by atoms with Gasteiger partial charge < -0.3 is 28.6 Å². The van der Waals surface area contributed by atoms with E-state index in [9.17, 15) is 19.1 Å². The summed E-state index contributed by atoms with van der Waals surface area (Å²) in [6, 6.07) is 0. The minimum absolute atomic E-state index is 0.148. The van der Waals surface area contributed by atoms with Gasteiger partial charge in [-0.15, -0.1) is 0 Å². The van der Waals surface area contributed by atoms with Crippen molar-refractivity contribution in [2.45, 2.75) is 6.54 Å². The van der Waals surface area contributed by atoms with E-state index in [0.717, 1.165) is 0 Å². The maximum absolute atomic E-state index is 11.4. The highest BCUT2D eigenvalue weighted by atomic mass is 31.2. The van der Waals surface area contributed by atoms with Crippen molar-refractivity contribution in [3.05, 3.63) is 23.0 Å². The van der Waals surface area contributed by atoms with Crippen LogP contribution in [0.4, 0.5) is 0 Å². The lowest BCUT2D eigenvalue weighted by Gasteiger charge is -2.28. The quantitative estimate of drug-likeness (QED) is 0.481. The lowest BCUT2D eigenvalue weighted by atomic mass is 10.5. The molecule has 0 saturated carbocycles.